The zero-order chi connectivity index (χ0) is 22.9. The maximum atomic E-state index is 13.0. The number of benzene rings is 3. The lowest BCUT2D eigenvalue weighted by atomic mass is 9.86. The number of methoxy groups -OCH3 is 1. The van der Waals surface area contributed by atoms with Gasteiger partial charge in [-0.2, -0.15) is 0 Å². The topological polar surface area (TPSA) is 77.6 Å². The molecule has 6 heteroatoms. The predicted molar refractivity (Wildman–Crippen MR) is 125 cm³/mol. The second kappa shape index (κ2) is 8.47. The minimum Gasteiger partial charge on any atom is -0.493 e. The van der Waals surface area contributed by atoms with Crippen molar-refractivity contribution < 1.29 is 19.0 Å². The van der Waals surface area contributed by atoms with Gasteiger partial charge in [0.05, 0.1) is 24.6 Å². The summed E-state index contributed by atoms with van der Waals surface area (Å²) in [5, 5.41) is 0.704. The standard InChI is InChI=1S/C27H23NO5/c1-16-7-9-17(10-8-16)15-32-22-12-11-18(13-23(22)31-2)20-14-24(29)33-26-19-5-3-4-6-21(19)28-27(30)25(20)26/h3-13,20H,14-15H2,1-2H3,(H,28,30). The van der Waals surface area contributed by atoms with Gasteiger partial charge in [0, 0.05) is 11.3 Å². The van der Waals surface area contributed by atoms with Gasteiger partial charge >= 0.3 is 5.97 Å². The van der Waals surface area contributed by atoms with Crippen molar-refractivity contribution in [2.75, 3.05) is 7.11 Å². The Morgan fingerprint density at radius 1 is 1.00 bits per heavy atom. The molecule has 1 atom stereocenters. The van der Waals surface area contributed by atoms with Gasteiger partial charge in [-0.05, 0) is 42.3 Å². The number of carbonyl (C=O) groups excluding carboxylic acids is 1. The Morgan fingerprint density at radius 2 is 1.79 bits per heavy atom. The Kier molecular flexibility index (Phi) is 5.34. The third-order valence-corrected chi connectivity index (χ3v) is 5.95. The second-order valence-corrected chi connectivity index (χ2v) is 8.16. The van der Waals surface area contributed by atoms with Crippen LogP contribution in [0, 0.1) is 6.92 Å². The molecular formula is C27H23NO5. The maximum Gasteiger partial charge on any atom is 0.312 e. The number of aryl methyl sites for hydroxylation is 1. The molecule has 1 unspecified atom stereocenters. The fourth-order valence-electron chi connectivity index (χ4n) is 4.23. The molecule has 3 aromatic carbocycles. The molecule has 6 nitrogen and oxygen atoms in total. The summed E-state index contributed by atoms with van der Waals surface area (Å²) in [6.45, 7) is 2.44. The number of hydrogen-bond donors (Lipinski definition) is 1. The van der Waals surface area contributed by atoms with Crippen LogP contribution in [0.5, 0.6) is 17.2 Å². The van der Waals surface area contributed by atoms with Gasteiger partial charge in [-0.3, -0.25) is 9.59 Å². The highest BCUT2D eigenvalue weighted by Crippen LogP contribution is 2.42. The molecule has 166 valence electrons. The van der Waals surface area contributed by atoms with E-state index < -0.39 is 5.92 Å². The number of carbonyl (C=O) groups is 1. The van der Waals surface area contributed by atoms with Crippen LogP contribution < -0.4 is 19.8 Å². The maximum absolute atomic E-state index is 13.0. The van der Waals surface area contributed by atoms with Crippen LogP contribution in [-0.4, -0.2) is 18.1 Å². The summed E-state index contributed by atoms with van der Waals surface area (Å²) < 4.78 is 17.1. The number of para-hydroxylation sites is 1. The van der Waals surface area contributed by atoms with E-state index in [1.807, 2.05) is 67.6 Å². The first kappa shape index (κ1) is 20.8. The van der Waals surface area contributed by atoms with E-state index in [0.717, 1.165) is 11.1 Å². The van der Waals surface area contributed by atoms with Crippen molar-refractivity contribution in [2.24, 2.45) is 0 Å². The van der Waals surface area contributed by atoms with Crippen LogP contribution in [0.1, 0.15) is 34.6 Å². The van der Waals surface area contributed by atoms with E-state index in [0.29, 0.717) is 40.3 Å². The minimum atomic E-state index is -0.449. The predicted octanol–water partition coefficient (Wildman–Crippen LogP) is 4.87. The molecule has 0 fully saturated rings. The van der Waals surface area contributed by atoms with Crippen molar-refractivity contribution in [1.29, 1.82) is 0 Å². The lowest BCUT2D eigenvalue weighted by Crippen LogP contribution is -2.28. The van der Waals surface area contributed by atoms with E-state index in [4.69, 9.17) is 14.2 Å². The number of aromatic amines is 1. The van der Waals surface area contributed by atoms with Gasteiger partial charge in [0.2, 0.25) is 0 Å². The highest BCUT2D eigenvalue weighted by atomic mass is 16.5. The number of pyridine rings is 1. The Hall–Kier alpha value is -4.06. The van der Waals surface area contributed by atoms with Crippen LogP contribution in [0.4, 0.5) is 0 Å². The number of aromatic nitrogens is 1. The average molecular weight is 441 g/mol. The molecule has 33 heavy (non-hydrogen) atoms. The molecule has 0 saturated heterocycles. The quantitative estimate of drug-likeness (QED) is 0.447. The lowest BCUT2D eigenvalue weighted by Gasteiger charge is -2.25. The molecule has 0 radical (unpaired) electrons. The van der Waals surface area contributed by atoms with Crippen molar-refractivity contribution in [2.45, 2.75) is 25.9 Å². The monoisotopic (exact) mass is 441 g/mol. The molecular weight excluding hydrogens is 418 g/mol. The molecule has 0 spiro atoms. The highest BCUT2D eigenvalue weighted by molar-refractivity contribution is 5.91. The first-order chi connectivity index (χ1) is 16.0. The van der Waals surface area contributed by atoms with Gasteiger partial charge < -0.3 is 19.2 Å². The summed E-state index contributed by atoms with van der Waals surface area (Å²) in [6, 6.07) is 20.9. The van der Waals surface area contributed by atoms with Crippen molar-refractivity contribution in [1.82, 2.24) is 4.98 Å². The van der Waals surface area contributed by atoms with Gasteiger partial charge in [0.1, 0.15) is 12.4 Å². The van der Waals surface area contributed by atoms with Gasteiger partial charge in [0.25, 0.3) is 5.56 Å². The molecule has 1 aliphatic rings. The van der Waals surface area contributed by atoms with Crippen LogP contribution in [0.25, 0.3) is 10.9 Å². The summed E-state index contributed by atoms with van der Waals surface area (Å²) in [6.07, 6.45) is 0.0706. The van der Waals surface area contributed by atoms with Crippen molar-refractivity contribution >= 4 is 16.9 Å². The Balaban J connectivity index is 1.51. The van der Waals surface area contributed by atoms with E-state index in [1.54, 1.807) is 13.2 Å². The number of H-pyrrole nitrogens is 1. The molecule has 0 amide bonds. The van der Waals surface area contributed by atoms with Crippen molar-refractivity contribution in [3.8, 4) is 17.2 Å². The second-order valence-electron chi connectivity index (χ2n) is 8.16. The smallest absolute Gasteiger partial charge is 0.312 e. The molecule has 5 rings (SSSR count). The van der Waals surface area contributed by atoms with Gasteiger partial charge in [-0.25, -0.2) is 0 Å². The van der Waals surface area contributed by atoms with E-state index in [1.165, 1.54) is 5.56 Å². The summed E-state index contributed by atoms with van der Waals surface area (Å²) in [5.41, 5.74) is 3.84. The number of nitrogens with one attached hydrogen (secondary N) is 1. The fraction of sp³-hybridized carbons (Fsp3) is 0.185. The first-order valence-corrected chi connectivity index (χ1v) is 10.8. The summed E-state index contributed by atoms with van der Waals surface area (Å²) in [7, 11) is 1.57. The third-order valence-electron chi connectivity index (χ3n) is 5.95. The Bertz CT molecular complexity index is 1400. The largest absolute Gasteiger partial charge is 0.493 e. The SMILES string of the molecule is COc1cc(C2CC(=O)Oc3c2c(=O)[nH]c2ccccc32)ccc1OCc1ccc(C)cc1. The molecule has 1 aromatic heterocycles. The molecule has 0 aliphatic carbocycles. The Morgan fingerprint density at radius 3 is 2.58 bits per heavy atom. The number of fused-ring (bicyclic) bond motifs is 3. The molecule has 2 heterocycles. The van der Waals surface area contributed by atoms with Gasteiger partial charge in [-0.15, -0.1) is 0 Å². The molecule has 0 saturated carbocycles. The van der Waals surface area contributed by atoms with E-state index in [9.17, 15) is 9.59 Å². The van der Waals surface area contributed by atoms with Gasteiger partial charge in [-0.1, -0.05) is 48.0 Å². The van der Waals surface area contributed by atoms with E-state index in [-0.39, 0.29) is 17.9 Å². The van der Waals surface area contributed by atoms with E-state index in [2.05, 4.69) is 4.98 Å². The van der Waals surface area contributed by atoms with Gasteiger partial charge in [0.15, 0.2) is 11.5 Å². The number of ether oxygens (including phenoxy) is 3. The van der Waals surface area contributed by atoms with E-state index >= 15 is 0 Å². The summed E-state index contributed by atoms with van der Waals surface area (Å²) >= 11 is 0. The average Bonchev–Trinajstić information content (AvgIpc) is 2.83. The summed E-state index contributed by atoms with van der Waals surface area (Å²) in [5.74, 6) is 0.635. The zero-order valence-corrected chi connectivity index (χ0v) is 18.4. The normalized spacial score (nSPS) is 15.1. The lowest BCUT2D eigenvalue weighted by molar-refractivity contribution is -0.135. The van der Waals surface area contributed by atoms with Crippen molar-refractivity contribution in [3.05, 3.63) is 99.3 Å². The number of rotatable bonds is 5. The third kappa shape index (κ3) is 3.96. The summed E-state index contributed by atoms with van der Waals surface area (Å²) in [4.78, 5) is 28.4. The van der Waals surface area contributed by atoms with Crippen LogP contribution in [-0.2, 0) is 11.4 Å². The molecule has 4 aromatic rings. The van der Waals surface area contributed by atoms with Crippen LogP contribution in [0.15, 0.2) is 71.5 Å². The highest BCUT2D eigenvalue weighted by Gasteiger charge is 2.33. The molecule has 1 N–H and O–H groups in total. The Labute approximate surface area is 190 Å². The molecule has 1 aliphatic heterocycles. The first-order valence-electron chi connectivity index (χ1n) is 10.8. The fourth-order valence-corrected chi connectivity index (χ4v) is 4.23. The molecule has 0 bridgehead atoms. The van der Waals surface area contributed by atoms with Crippen molar-refractivity contribution in [3.63, 3.8) is 0 Å². The number of hydrogen-bond acceptors (Lipinski definition) is 5. The number of esters is 1. The minimum absolute atomic E-state index is 0.0706. The van der Waals surface area contributed by atoms with Crippen LogP contribution in [0.3, 0.4) is 0 Å². The zero-order valence-electron chi connectivity index (χ0n) is 18.4. The van der Waals surface area contributed by atoms with Crippen LogP contribution in [0.2, 0.25) is 0 Å². The van der Waals surface area contributed by atoms with Crippen LogP contribution >= 0.6 is 0 Å².